The molecule has 1 N–H and O–H groups in total. The van der Waals surface area contributed by atoms with E-state index in [0.717, 1.165) is 37.3 Å². The molecular weight excluding hydrogens is 292 g/mol. The minimum Gasteiger partial charge on any atom is -0.381 e. The number of rotatable bonds is 4. The molecule has 1 aliphatic rings. The van der Waals surface area contributed by atoms with E-state index >= 15 is 0 Å². The van der Waals surface area contributed by atoms with Crippen LogP contribution in [0.1, 0.15) is 40.6 Å². The number of hydrogen-bond acceptors (Lipinski definition) is 4. The lowest BCUT2D eigenvalue weighted by molar-refractivity contribution is 0.0512. The van der Waals surface area contributed by atoms with E-state index in [1.165, 1.54) is 0 Å². The van der Waals surface area contributed by atoms with Crippen LogP contribution in [0.15, 0.2) is 30.6 Å². The average molecular weight is 314 g/mol. The summed E-state index contributed by atoms with van der Waals surface area (Å²) in [5, 5.41) is 7.43. The minimum absolute atomic E-state index is 0.0599. The van der Waals surface area contributed by atoms with Gasteiger partial charge in [-0.1, -0.05) is 6.07 Å². The number of hydrogen-bond donors (Lipinski definition) is 1. The first-order valence-electron chi connectivity index (χ1n) is 7.94. The molecule has 6 nitrogen and oxygen atoms in total. The van der Waals surface area contributed by atoms with E-state index in [1.807, 2.05) is 25.3 Å². The van der Waals surface area contributed by atoms with Gasteiger partial charge >= 0.3 is 0 Å². The Morgan fingerprint density at radius 1 is 1.43 bits per heavy atom. The molecule has 1 atom stereocenters. The first-order chi connectivity index (χ1) is 11.1. The van der Waals surface area contributed by atoms with E-state index in [9.17, 15) is 4.79 Å². The number of pyridine rings is 1. The molecule has 2 aromatic rings. The second-order valence-corrected chi connectivity index (χ2v) is 5.98. The van der Waals surface area contributed by atoms with Crippen LogP contribution in [-0.2, 0) is 11.8 Å². The average Bonchev–Trinajstić information content (AvgIpc) is 2.92. The van der Waals surface area contributed by atoms with Crippen molar-refractivity contribution >= 4 is 5.91 Å². The summed E-state index contributed by atoms with van der Waals surface area (Å²) in [6.07, 6.45) is 5.44. The molecule has 3 rings (SSSR count). The van der Waals surface area contributed by atoms with Gasteiger partial charge in [0, 0.05) is 32.7 Å². The maximum absolute atomic E-state index is 12.7. The molecule has 1 fully saturated rings. The van der Waals surface area contributed by atoms with Gasteiger partial charge in [0.1, 0.15) is 5.69 Å². The Labute approximate surface area is 135 Å². The van der Waals surface area contributed by atoms with Crippen LogP contribution in [0.4, 0.5) is 0 Å². The zero-order chi connectivity index (χ0) is 16.2. The Morgan fingerprint density at radius 3 is 2.83 bits per heavy atom. The minimum atomic E-state index is -0.103. The number of nitrogens with one attached hydrogen (secondary N) is 1. The Bertz CT molecular complexity index is 662. The van der Waals surface area contributed by atoms with E-state index in [0.29, 0.717) is 11.6 Å². The molecule has 1 amide bonds. The van der Waals surface area contributed by atoms with Gasteiger partial charge in [0.2, 0.25) is 0 Å². The van der Waals surface area contributed by atoms with Crippen LogP contribution in [0, 0.1) is 12.8 Å². The first kappa shape index (κ1) is 15.7. The smallest absolute Gasteiger partial charge is 0.270 e. The first-order valence-corrected chi connectivity index (χ1v) is 7.94. The van der Waals surface area contributed by atoms with Crippen LogP contribution in [0.25, 0.3) is 0 Å². The highest BCUT2D eigenvalue weighted by Crippen LogP contribution is 2.30. The molecule has 2 aromatic heterocycles. The van der Waals surface area contributed by atoms with E-state index in [-0.39, 0.29) is 11.9 Å². The SMILES string of the molecule is Cc1cc(C(=O)N[C@@H](c2cccnc2)C2CCOCC2)n(C)n1. The summed E-state index contributed by atoms with van der Waals surface area (Å²) in [6.45, 7) is 3.36. The van der Waals surface area contributed by atoms with Crippen molar-refractivity contribution in [3.63, 3.8) is 0 Å². The second kappa shape index (κ2) is 6.91. The van der Waals surface area contributed by atoms with Gasteiger partial charge in [-0.25, -0.2) is 0 Å². The highest BCUT2D eigenvalue weighted by Gasteiger charge is 2.28. The van der Waals surface area contributed by atoms with Gasteiger partial charge in [0.05, 0.1) is 11.7 Å². The molecule has 1 saturated heterocycles. The molecule has 0 saturated carbocycles. The highest BCUT2D eigenvalue weighted by atomic mass is 16.5. The van der Waals surface area contributed by atoms with Crippen molar-refractivity contribution in [2.45, 2.75) is 25.8 Å². The van der Waals surface area contributed by atoms with Gasteiger partial charge in [0.15, 0.2) is 0 Å². The fourth-order valence-corrected chi connectivity index (χ4v) is 3.12. The third kappa shape index (κ3) is 3.59. The number of aromatic nitrogens is 3. The third-order valence-corrected chi connectivity index (χ3v) is 4.30. The predicted octanol–water partition coefficient (Wildman–Crippen LogP) is 2.02. The zero-order valence-electron chi connectivity index (χ0n) is 13.5. The fraction of sp³-hybridized carbons (Fsp3) is 0.471. The highest BCUT2D eigenvalue weighted by molar-refractivity contribution is 5.93. The van der Waals surface area contributed by atoms with Gasteiger partial charge in [-0.15, -0.1) is 0 Å². The number of ether oxygens (including phenoxy) is 1. The Hall–Kier alpha value is -2.21. The van der Waals surface area contributed by atoms with Gasteiger partial charge in [0.25, 0.3) is 5.91 Å². The molecule has 0 spiro atoms. The van der Waals surface area contributed by atoms with Gasteiger partial charge < -0.3 is 10.1 Å². The summed E-state index contributed by atoms with van der Waals surface area (Å²) >= 11 is 0. The quantitative estimate of drug-likeness (QED) is 0.937. The van der Waals surface area contributed by atoms with Crippen molar-refractivity contribution in [3.05, 3.63) is 47.5 Å². The van der Waals surface area contributed by atoms with Crippen LogP contribution in [0.2, 0.25) is 0 Å². The van der Waals surface area contributed by atoms with Crippen LogP contribution >= 0.6 is 0 Å². The summed E-state index contributed by atoms with van der Waals surface area (Å²) in [6, 6.07) is 5.67. The summed E-state index contributed by atoms with van der Waals surface area (Å²) in [7, 11) is 1.79. The molecule has 0 bridgehead atoms. The van der Waals surface area contributed by atoms with Gasteiger partial charge in [-0.05, 0) is 43.4 Å². The molecule has 3 heterocycles. The van der Waals surface area contributed by atoms with Crippen molar-refractivity contribution in [2.75, 3.05) is 13.2 Å². The number of nitrogens with zero attached hydrogens (tertiary/aromatic N) is 3. The van der Waals surface area contributed by atoms with Crippen molar-refractivity contribution in [2.24, 2.45) is 13.0 Å². The fourth-order valence-electron chi connectivity index (χ4n) is 3.12. The molecule has 0 radical (unpaired) electrons. The number of aryl methyl sites for hydroxylation is 2. The maximum Gasteiger partial charge on any atom is 0.270 e. The number of carbonyl (C=O) groups is 1. The topological polar surface area (TPSA) is 69.0 Å². The maximum atomic E-state index is 12.7. The van der Waals surface area contributed by atoms with Crippen LogP contribution in [-0.4, -0.2) is 33.9 Å². The summed E-state index contributed by atoms with van der Waals surface area (Å²) in [5.74, 6) is 0.250. The monoisotopic (exact) mass is 314 g/mol. The zero-order valence-corrected chi connectivity index (χ0v) is 13.5. The Balaban J connectivity index is 1.83. The molecule has 0 unspecified atom stereocenters. The molecule has 0 aliphatic carbocycles. The molecule has 6 heteroatoms. The number of amides is 1. The molecule has 23 heavy (non-hydrogen) atoms. The van der Waals surface area contributed by atoms with E-state index < -0.39 is 0 Å². The third-order valence-electron chi connectivity index (χ3n) is 4.30. The summed E-state index contributed by atoms with van der Waals surface area (Å²) in [4.78, 5) is 16.9. The summed E-state index contributed by atoms with van der Waals surface area (Å²) < 4.78 is 7.08. The van der Waals surface area contributed by atoms with Crippen molar-refractivity contribution in [1.82, 2.24) is 20.1 Å². The van der Waals surface area contributed by atoms with Gasteiger partial charge in [-0.2, -0.15) is 5.10 Å². The van der Waals surface area contributed by atoms with E-state index in [4.69, 9.17) is 4.74 Å². The van der Waals surface area contributed by atoms with Gasteiger partial charge in [-0.3, -0.25) is 14.5 Å². The number of carbonyl (C=O) groups excluding carboxylic acids is 1. The van der Waals surface area contributed by atoms with E-state index in [1.54, 1.807) is 24.0 Å². The molecule has 0 aromatic carbocycles. The van der Waals surface area contributed by atoms with Crippen LogP contribution in [0.3, 0.4) is 0 Å². The second-order valence-electron chi connectivity index (χ2n) is 5.98. The lowest BCUT2D eigenvalue weighted by Crippen LogP contribution is -2.36. The predicted molar refractivity (Wildman–Crippen MR) is 85.9 cm³/mol. The van der Waals surface area contributed by atoms with E-state index in [2.05, 4.69) is 15.4 Å². The molecule has 1 aliphatic heterocycles. The Kier molecular flexibility index (Phi) is 4.71. The van der Waals surface area contributed by atoms with Crippen LogP contribution in [0.5, 0.6) is 0 Å². The standard InChI is InChI=1S/C17H22N4O2/c1-12-10-15(21(2)20-12)17(22)19-16(13-5-8-23-9-6-13)14-4-3-7-18-11-14/h3-4,7,10-11,13,16H,5-6,8-9H2,1-2H3,(H,19,22)/t16-/m1/s1. The van der Waals surface area contributed by atoms with Crippen molar-refractivity contribution in [1.29, 1.82) is 0 Å². The lowest BCUT2D eigenvalue weighted by atomic mass is 9.87. The molecular formula is C17H22N4O2. The van der Waals surface area contributed by atoms with Crippen molar-refractivity contribution < 1.29 is 9.53 Å². The summed E-state index contributed by atoms with van der Waals surface area (Å²) in [5.41, 5.74) is 2.44. The normalized spacial score (nSPS) is 17.0. The molecule has 122 valence electrons. The Morgan fingerprint density at radius 2 is 2.22 bits per heavy atom. The van der Waals surface area contributed by atoms with Crippen LogP contribution < -0.4 is 5.32 Å². The van der Waals surface area contributed by atoms with Crippen molar-refractivity contribution in [3.8, 4) is 0 Å². The largest absolute Gasteiger partial charge is 0.381 e. The lowest BCUT2D eigenvalue weighted by Gasteiger charge is -2.31.